The Morgan fingerprint density at radius 1 is 1.41 bits per heavy atom. The molecule has 3 rings (SSSR count). The van der Waals surface area contributed by atoms with Gasteiger partial charge in [-0.15, -0.1) is 0 Å². The van der Waals surface area contributed by atoms with Gasteiger partial charge in [-0.1, -0.05) is 26.0 Å². The number of hydrogen-bond donors (Lipinski definition) is 1. The van der Waals surface area contributed by atoms with Crippen LogP contribution in [0.2, 0.25) is 0 Å². The van der Waals surface area contributed by atoms with Crippen LogP contribution < -0.4 is 10.1 Å². The van der Waals surface area contributed by atoms with Gasteiger partial charge in [0.25, 0.3) is 0 Å². The summed E-state index contributed by atoms with van der Waals surface area (Å²) in [5.74, 6) is 1.59. The van der Waals surface area contributed by atoms with Gasteiger partial charge in [0.15, 0.2) is 0 Å². The maximum atomic E-state index is 5.80. The SMILES string of the molecule is CC(C)c1ccc2c(c1)C(NCCCn1ccnc1)CCO2. The molecule has 1 aromatic heterocycles. The summed E-state index contributed by atoms with van der Waals surface area (Å²) in [5, 5.41) is 3.69. The number of ether oxygens (including phenoxy) is 1. The molecule has 0 fully saturated rings. The minimum absolute atomic E-state index is 0.408. The molecule has 4 heteroatoms. The third-order valence-corrected chi connectivity index (χ3v) is 4.28. The monoisotopic (exact) mass is 299 g/mol. The Morgan fingerprint density at radius 3 is 3.09 bits per heavy atom. The first-order valence-electron chi connectivity index (χ1n) is 8.20. The number of aromatic nitrogens is 2. The third kappa shape index (κ3) is 3.50. The minimum atomic E-state index is 0.408. The van der Waals surface area contributed by atoms with Gasteiger partial charge >= 0.3 is 0 Å². The Balaban J connectivity index is 1.59. The third-order valence-electron chi connectivity index (χ3n) is 4.28. The highest BCUT2D eigenvalue weighted by molar-refractivity contribution is 5.41. The van der Waals surface area contributed by atoms with Crippen molar-refractivity contribution in [3.63, 3.8) is 0 Å². The summed E-state index contributed by atoms with van der Waals surface area (Å²) in [6, 6.07) is 7.03. The zero-order valence-electron chi connectivity index (χ0n) is 13.5. The quantitative estimate of drug-likeness (QED) is 0.830. The second-order valence-electron chi connectivity index (χ2n) is 6.25. The van der Waals surface area contributed by atoms with Crippen LogP contribution >= 0.6 is 0 Å². The van der Waals surface area contributed by atoms with E-state index in [9.17, 15) is 0 Å². The molecule has 0 bridgehead atoms. The number of hydrogen-bond acceptors (Lipinski definition) is 3. The van der Waals surface area contributed by atoms with E-state index in [2.05, 4.69) is 46.9 Å². The zero-order valence-corrected chi connectivity index (χ0v) is 13.5. The van der Waals surface area contributed by atoms with Crippen LogP contribution in [-0.4, -0.2) is 22.7 Å². The first-order valence-corrected chi connectivity index (χ1v) is 8.20. The van der Waals surface area contributed by atoms with Crippen molar-refractivity contribution in [1.82, 2.24) is 14.9 Å². The lowest BCUT2D eigenvalue weighted by Crippen LogP contribution is -2.28. The Hall–Kier alpha value is -1.81. The van der Waals surface area contributed by atoms with E-state index in [1.807, 2.05) is 18.7 Å². The standard InChI is InChI=1S/C18H25N3O/c1-14(2)15-4-5-18-16(12-15)17(6-11-22-18)20-7-3-9-21-10-8-19-13-21/h4-5,8,10,12-14,17,20H,3,6-7,9,11H2,1-2H3. The fourth-order valence-electron chi connectivity index (χ4n) is 2.94. The highest BCUT2D eigenvalue weighted by atomic mass is 16.5. The van der Waals surface area contributed by atoms with Crippen molar-refractivity contribution < 1.29 is 4.74 Å². The van der Waals surface area contributed by atoms with Crippen LogP contribution in [0.15, 0.2) is 36.9 Å². The molecule has 22 heavy (non-hydrogen) atoms. The molecule has 1 unspecified atom stereocenters. The number of rotatable bonds is 6. The van der Waals surface area contributed by atoms with Crippen LogP contribution in [0.4, 0.5) is 0 Å². The molecule has 0 radical (unpaired) electrons. The molecule has 1 N–H and O–H groups in total. The molecule has 0 aliphatic carbocycles. The van der Waals surface area contributed by atoms with Gasteiger partial charge in [-0.2, -0.15) is 0 Å². The number of nitrogens with one attached hydrogen (secondary N) is 1. The molecule has 4 nitrogen and oxygen atoms in total. The molecule has 1 aliphatic heterocycles. The molecular weight excluding hydrogens is 274 g/mol. The van der Waals surface area contributed by atoms with Gasteiger partial charge in [0.2, 0.25) is 0 Å². The van der Waals surface area contributed by atoms with Crippen molar-refractivity contribution >= 4 is 0 Å². The van der Waals surface area contributed by atoms with Crippen LogP contribution in [0, 0.1) is 0 Å². The van der Waals surface area contributed by atoms with E-state index in [-0.39, 0.29) is 0 Å². The predicted octanol–water partition coefficient (Wildman–Crippen LogP) is 3.51. The van der Waals surface area contributed by atoms with Crippen LogP contribution in [0.1, 0.15) is 49.8 Å². The van der Waals surface area contributed by atoms with Crippen molar-refractivity contribution in [2.45, 2.75) is 45.2 Å². The van der Waals surface area contributed by atoms with Crippen molar-refractivity contribution in [3.05, 3.63) is 48.0 Å². The van der Waals surface area contributed by atoms with E-state index in [1.165, 1.54) is 11.1 Å². The average molecular weight is 299 g/mol. The van der Waals surface area contributed by atoms with Crippen molar-refractivity contribution in [1.29, 1.82) is 0 Å². The van der Waals surface area contributed by atoms with Crippen LogP contribution in [0.25, 0.3) is 0 Å². The minimum Gasteiger partial charge on any atom is -0.493 e. The fourth-order valence-corrected chi connectivity index (χ4v) is 2.94. The molecule has 2 heterocycles. The second kappa shape index (κ2) is 6.97. The second-order valence-corrected chi connectivity index (χ2v) is 6.25. The molecular formula is C18H25N3O. The molecule has 0 amide bonds. The van der Waals surface area contributed by atoms with Gasteiger partial charge in [-0.3, -0.25) is 0 Å². The summed E-state index contributed by atoms with van der Waals surface area (Å²) in [4.78, 5) is 4.07. The molecule has 0 saturated heterocycles. The lowest BCUT2D eigenvalue weighted by molar-refractivity contribution is 0.252. The molecule has 118 valence electrons. The summed E-state index contributed by atoms with van der Waals surface area (Å²) in [6.45, 7) is 7.29. The zero-order chi connectivity index (χ0) is 15.4. The number of benzene rings is 1. The molecule has 0 saturated carbocycles. The Morgan fingerprint density at radius 2 is 2.32 bits per heavy atom. The van der Waals surface area contributed by atoms with Crippen LogP contribution in [-0.2, 0) is 6.54 Å². The van der Waals surface area contributed by atoms with E-state index in [4.69, 9.17) is 4.74 Å². The summed E-state index contributed by atoms with van der Waals surface area (Å²) in [6.07, 6.45) is 7.86. The summed E-state index contributed by atoms with van der Waals surface area (Å²) in [5.41, 5.74) is 2.70. The Kier molecular flexibility index (Phi) is 4.78. The largest absolute Gasteiger partial charge is 0.493 e. The normalized spacial score (nSPS) is 17.3. The Bertz CT molecular complexity index is 592. The van der Waals surface area contributed by atoms with Crippen LogP contribution in [0.5, 0.6) is 5.75 Å². The number of nitrogens with zero attached hydrogens (tertiary/aromatic N) is 2. The van der Waals surface area contributed by atoms with Crippen molar-refractivity contribution in [2.24, 2.45) is 0 Å². The first kappa shape index (κ1) is 15.1. The lowest BCUT2D eigenvalue weighted by Gasteiger charge is -2.28. The van der Waals surface area contributed by atoms with Gasteiger partial charge in [0.05, 0.1) is 12.9 Å². The molecule has 1 aliphatic rings. The summed E-state index contributed by atoms with van der Waals surface area (Å²) < 4.78 is 7.92. The van der Waals surface area contributed by atoms with Crippen LogP contribution in [0.3, 0.4) is 0 Å². The molecule has 0 spiro atoms. The van der Waals surface area contributed by atoms with E-state index in [0.717, 1.165) is 38.3 Å². The first-order chi connectivity index (χ1) is 10.7. The van der Waals surface area contributed by atoms with Gasteiger partial charge < -0.3 is 14.6 Å². The fraction of sp³-hybridized carbons (Fsp3) is 0.500. The maximum absolute atomic E-state index is 5.80. The van der Waals surface area contributed by atoms with E-state index < -0.39 is 0 Å². The number of aryl methyl sites for hydroxylation is 1. The smallest absolute Gasteiger partial charge is 0.124 e. The molecule has 1 atom stereocenters. The summed E-state index contributed by atoms with van der Waals surface area (Å²) >= 11 is 0. The van der Waals surface area contributed by atoms with Gasteiger partial charge in [-0.25, -0.2) is 4.98 Å². The summed E-state index contributed by atoms with van der Waals surface area (Å²) in [7, 11) is 0. The van der Waals surface area contributed by atoms with Gasteiger partial charge in [0, 0.05) is 37.0 Å². The van der Waals surface area contributed by atoms with E-state index in [0.29, 0.717) is 12.0 Å². The number of imidazole rings is 1. The average Bonchev–Trinajstić information content (AvgIpc) is 3.04. The number of fused-ring (bicyclic) bond motifs is 1. The van der Waals surface area contributed by atoms with Crippen molar-refractivity contribution in [3.8, 4) is 5.75 Å². The van der Waals surface area contributed by atoms with E-state index >= 15 is 0 Å². The highest BCUT2D eigenvalue weighted by Crippen LogP contribution is 2.34. The highest BCUT2D eigenvalue weighted by Gasteiger charge is 2.21. The maximum Gasteiger partial charge on any atom is 0.124 e. The lowest BCUT2D eigenvalue weighted by atomic mass is 9.94. The van der Waals surface area contributed by atoms with Crippen molar-refractivity contribution in [2.75, 3.05) is 13.2 Å². The molecule has 1 aromatic carbocycles. The topological polar surface area (TPSA) is 39.1 Å². The van der Waals surface area contributed by atoms with Gasteiger partial charge in [-0.05, 0) is 30.5 Å². The van der Waals surface area contributed by atoms with E-state index in [1.54, 1.807) is 0 Å². The molecule has 2 aromatic rings. The van der Waals surface area contributed by atoms with Gasteiger partial charge in [0.1, 0.15) is 5.75 Å². The predicted molar refractivity (Wildman–Crippen MR) is 88.2 cm³/mol. The Labute approximate surface area is 132 Å².